The highest BCUT2D eigenvalue weighted by Gasteiger charge is 2.09. The van der Waals surface area contributed by atoms with E-state index in [0.717, 1.165) is 23.5 Å². The van der Waals surface area contributed by atoms with E-state index >= 15 is 0 Å². The van der Waals surface area contributed by atoms with E-state index in [1.807, 2.05) is 0 Å². The fourth-order valence-corrected chi connectivity index (χ4v) is 0.701. The van der Waals surface area contributed by atoms with E-state index in [-0.39, 0.29) is 0 Å². The molecule has 0 N–H and O–H groups in total. The van der Waals surface area contributed by atoms with E-state index < -0.39 is 8.32 Å². The Kier molecular flexibility index (Phi) is 11.4. The Bertz CT molecular complexity index is 147. The minimum atomic E-state index is -1.13. The lowest BCUT2D eigenvalue weighted by Crippen LogP contribution is -2.22. The maximum atomic E-state index is 5.08. The first-order valence-electron chi connectivity index (χ1n) is 5.01. The fraction of sp³-hybridized carbons (Fsp3) is 0.800. The summed E-state index contributed by atoms with van der Waals surface area (Å²) in [5.74, 6) is 0. The summed E-state index contributed by atoms with van der Waals surface area (Å²) >= 11 is 0. The highest BCUT2D eigenvalue weighted by molar-refractivity contribution is 6.69. The largest absolute Gasteiger partial charge is 0.428 e. The molecule has 0 radical (unpaired) electrons. The highest BCUT2D eigenvalue weighted by Crippen LogP contribution is 1.97. The minimum absolute atomic E-state index is 0.870. The van der Waals surface area contributed by atoms with Crippen molar-refractivity contribution in [2.75, 3.05) is 13.7 Å². The summed E-state index contributed by atoms with van der Waals surface area (Å²) in [6.07, 6.45) is 3.27. The van der Waals surface area contributed by atoms with Gasteiger partial charge < -0.3 is 8.85 Å². The van der Waals surface area contributed by atoms with Crippen LogP contribution in [0.3, 0.4) is 0 Å². The van der Waals surface area contributed by atoms with Crippen molar-refractivity contribution in [2.24, 2.45) is 0 Å². The van der Waals surface area contributed by atoms with Crippen LogP contribution in [0.25, 0.3) is 0 Å². The Morgan fingerprint density at radius 3 is 1.93 bits per heavy atom. The lowest BCUT2D eigenvalue weighted by molar-refractivity contribution is 0.357. The van der Waals surface area contributed by atoms with Gasteiger partial charge in [-0.2, -0.15) is 0 Å². The molecule has 0 saturated carbocycles. The number of hydrogen-bond donors (Lipinski definition) is 0. The van der Waals surface area contributed by atoms with Crippen molar-refractivity contribution in [1.29, 1.82) is 0 Å². The summed E-state index contributed by atoms with van der Waals surface area (Å²) in [4.78, 5) is 0. The molecule has 0 aromatic carbocycles. The van der Waals surface area contributed by atoms with Crippen LogP contribution in [0.15, 0.2) is 11.6 Å². The van der Waals surface area contributed by atoms with Gasteiger partial charge in [-0.25, -0.2) is 0 Å². The lowest BCUT2D eigenvalue weighted by Gasteiger charge is -2.10. The third-order valence-corrected chi connectivity index (χ3v) is 3.12. The van der Waals surface area contributed by atoms with E-state index in [0.29, 0.717) is 0 Å². The summed E-state index contributed by atoms with van der Waals surface area (Å²) in [5.41, 5.74) is 1.38. The molecule has 0 fully saturated rings. The normalized spacial score (nSPS) is 10.4. The van der Waals surface area contributed by atoms with Gasteiger partial charge in [-0.05, 0) is 39.9 Å². The molecule has 14 heavy (non-hydrogen) atoms. The predicted molar refractivity (Wildman–Crippen MR) is 70.3 cm³/mol. The minimum Gasteiger partial charge on any atom is -0.428 e. The summed E-state index contributed by atoms with van der Waals surface area (Å²) in [5, 5.41) is 0. The monoisotopic (exact) mass is 234 g/mol. The average molecular weight is 234 g/mol. The molecule has 0 amide bonds. The Morgan fingerprint density at radius 2 is 1.71 bits per heavy atom. The number of hydrogen-bond acceptors (Lipinski definition) is 2. The van der Waals surface area contributed by atoms with Crippen LogP contribution in [0, 0.1) is 0 Å². The molecule has 0 aliphatic carbocycles. The van der Waals surface area contributed by atoms with Gasteiger partial charge in [-0.3, -0.25) is 0 Å². The zero-order valence-electron chi connectivity index (χ0n) is 10.8. The predicted octanol–water partition coefficient (Wildman–Crippen LogP) is 2.11. The molecule has 0 atom stereocenters. The molecule has 0 rings (SSSR count). The van der Waals surface area contributed by atoms with Crippen LogP contribution in [0.2, 0.25) is 19.6 Å². The first-order valence-corrected chi connectivity index (χ1v) is 9.23. The smallest absolute Gasteiger partial charge is 0.183 e. The molecule has 0 bridgehead atoms. The molecule has 86 valence electrons. The van der Waals surface area contributed by atoms with Gasteiger partial charge in [-0.1, -0.05) is 11.6 Å². The SMILES string of the molecule is CC(C)=CCCO[SiH3].CO[Si](C)(C)C. The topological polar surface area (TPSA) is 18.5 Å². The van der Waals surface area contributed by atoms with Crippen LogP contribution >= 0.6 is 0 Å². The van der Waals surface area contributed by atoms with E-state index in [2.05, 4.69) is 39.6 Å². The Hall–Kier alpha value is 0.0938. The van der Waals surface area contributed by atoms with Crippen molar-refractivity contribution in [3.8, 4) is 0 Å². The van der Waals surface area contributed by atoms with Crippen molar-refractivity contribution < 1.29 is 8.85 Å². The summed E-state index contributed by atoms with van der Waals surface area (Å²) in [6, 6.07) is 0. The van der Waals surface area contributed by atoms with Gasteiger partial charge in [0.2, 0.25) is 0 Å². The van der Waals surface area contributed by atoms with Crippen LogP contribution in [0.4, 0.5) is 0 Å². The third kappa shape index (κ3) is 22.7. The van der Waals surface area contributed by atoms with Gasteiger partial charge in [0.05, 0.1) is 0 Å². The van der Waals surface area contributed by atoms with Gasteiger partial charge in [0.25, 0.3) is 0 Å². The van der Waals surface area contributed by atoms with Gasteiger partial charge in [0.15, 0.2) is 8.32 Å². The maximum Gasteiger partial charge on any atom is 0.183 e. The van der Waals surface area contributed by atoms with Gasteiger partial charge in [0, 0.05) is 13.7 Å². The molecule has 2 nitrogen and oxygen atoms in total. The summed E-state index contributed by atoms with van der Waals surface area (Å²) in [6.45, 7) is 11.6. The van der Waals surface area contributed by atoms with Crippen LogP contribution in [-0.4, -0.2) is 32.5 Å². The second-order valence-corrected chi connectivity index (χ2v) is 9.59. The van der Waals surface area contributed by atoms with E-state index in [1.165, 1.54) is 5.57 Å². The summed E-state index contributed by atoms with van der Waals surface area (Å²) < 4.78 is 10.1. The fourth-order valence-electron chi connectivity index (χ4n) is 0.465. The van der Waals surface area contributed by atoms with Crippen molar-refractivity contribution in [3.63, 3.8) is 0 Å². The zero-order valence-corrected chi connectivity index (χ0v) is 13.8. The number of allylic oxidation sites excluding steroid dienone is 1. The molecule has 0 aromatic rings. The molecule has 0 saturated heterocycles. The van der Waals surface area contributed by atoms with E-state index in [4.69, 9.17) is 8.85 Å². The first kappa shape index (κ1) is 16.5. The van der Waals surface area contributed by atoms with Crippen molar-refractivity contribution in [1.82, 2.24) is 0 Å². The first-order chi connectivity index (χ1) is 6.33. The van der Waals surface area contributed by atoms with Crippen LogP contribution in [0.5, 0.6) is 0 Å². The Balaban J connectivity index is 0. The second-order valence-electron chi connectivity index (χ2n) is 4.38. The van der Waals surface area contributed by atoms with Gasteiger partial charge in [-0.15, -0.1) is 0 Å². The zero-order chi connectivity index (χ0) is 11.6. The van der Waals surface area contributed by atoms with E-state index in [1.54, 1.807) is 7.11 Å². The van der Waals surface area contributed by atoms with Gasteiger partial charge in [0.1, 0.15) is 10.5 Å². The standard InChI is InChI=1S/C6H14OSi.C4H12OSi/c1-6(2)4-3-5-7-8;1-5-6(2,3)4/h4H,3,5H2,1-2,8H3;1-4H3. The van der Waals surface area contributed by atoms with Crippen molar-refractivity contribution >= 4 is 18.8 Å². The van der Waals surface area contributed by atoms with Gasteiger partial charge >= 0.3 is 0 Å². The van der Waals surface area contributed by atoms with Crippen LogP contribution < -0.4 is 0 Å². The average Bonchev–Trinajstić information content (AvgIpc) is 2.04. The molecule has 0 aliphatic rings. The maximum absolute atomic E-state index is 5.08. The highest BCUT2D eigenvalue weighted by atomic mass is 28.4. The van der Waals surface area contributed by atoms with Crippen LogP contribution in [-0.2, 0) is 8.85 Å². The molecular weight excluding hydrogens is 208 g/mol. The molecule has 0 spiro atoms. The van der Waals surface area contributed by atoms with Crippen molar-refractivity contribution in [2.45, 2.75) is 39.9 Å². The Morgan fingerprint density at radius 1 is 1.29 bits per heavy atom. The number of rotatable bonds is 4. The summed E-state index contributed by atoms with van der Waals surface area (Å²) in [7, 11) is 1.51. The van der Waals surface area contributed by atoms with Crippen LogP contribution in [0.1, 0.15) is 20.3 Å². The molecular formula is C10H26O2Si2. The van der Waals surface area contributed by atoms with E-state index in [9.17, 15) is 0 Å². The Labute approximate surface area is 93.4 Å². The third-order valence-electron chi connectivity index (χ3n) is 1.49. The molecule has 0 heterocycles. The quantitative estimate of drug-likeness (QED) is 0.421. The molecule has 0 aromatic heterocycles. The lowest BCUT2D eigenvalue weighted by atomic mass is 10.3. The second kappa shape index (κ2) is 9.64. The molecule has 0 aliphatic heterocycles. The van der Waals surface area contributed by atoms with Crippen molar-refractivity contribution in [3.05, 3.63) is 11.6 Å². The molecule has 0 unspecified atom stereocenters. The molecule has 4 heteroatoms.